The monoisotopic (exact) mass is 174 g/mol. The molecule has 0 aromatic rings. The highest BCUT2D eigenvalue weighted by molar-refractivity contribution is 5.56. The van der Waals surface area contributed by atoms with Gasteiger partial charge >= 0.3 is 6.16 Å². The van der Waals surface area contributed by atoms with Gasteiger partial charge in [0, 0.05) is 0 Å². The van der Waals surface area contributed by atoms with E-state index in [-0.39, 0.29) is 0 Å². The maximum absolute atomic E-state index is 9.91. The Hall–Kier alpha value is -0.730. The van der Waals surface area contributed by atoms with Crippen molar-refractivity contribution in [2.75, 3.05) is 6.61 Å². The molecule has 0 aromatic heterocycles. The van der Waals surface area contributed by atoms with Gasteiger partial charge in [0.25, 0.3) is 0 Å². The van der Waals surface area contributed by atoms with Gasteiger partial charge in [-0.15, -0.1) is 0 Å². The molecule has 0 saturated heterocycles. The van der Waals surface area contributed by atoms with Crippen molar-refractivity contribution in [3.05, 3.63) is 0 Å². The lowest BCUT2D eigenvalue weighted by Crippen LogP contribution is -2.01. The standard InChI is InChI=1S/C9H18O3/c1-2-3-4-5-6-7-8-12-9(10)11/h2-8H2,1H3,(H,10,11). The highest BCUT2D eigenvalue weighted by atomic mass is 16.7. The third kappa shape index (κ3) is 9.27. The molecule has 0 aliphatic heterocycles. The van der Waals surface area contributed by atoms with Crippen LogP contribution in [-0.2, 0) is 4.74 Å². The molecule has 0 amide bonds. The van der Waals surface area contributed by atoms with Crippen molar-refractivity contribution in [1.82, 2.24) is 0 Å². The summed E-state index contributed by atoms with van der Waals surface area (Å²) >= 11 is 0. The van der Waals surface area contributed by atoms with Crippen LogP contribution in [0, 0.1) is 0 Å². The van der Waals surface area contributed by atoms with Gasteiger partial charge in [-0.05, 0) is 6.42 Å². The van der Waals surface area contributed by atoms with Crippen LogP contribution in [0.2, 0.25) is 0 Å². The molecule has 0 heterocycles. The molecule has 0 atom stereocenters. The third-order valence-corrected chi connectivity index (χ3v) is 1.72. The summed E-state index contributed by atoms with van der Waals surface area (Å²) in [7, 11) is 0. The first kappa shape index (κ1) is 11.3. The lowest BCUT2D eigenvalue weighted by Gasteiger charge is -2.00. The number of hydrogen-bond acceptors (Lipinski definition) is 2. The maximum Gasteiger partial charge on any atom is 0.505 e. The van der Waals surface area contributed by atoms with Crippen molar-refractivity contribution in [1.29, 1.82) is 0 Å². The summed E-state index contributed by atoms with van der Waals surface area (Å²) in [5, 5.41) is 8.13. The molecule has 1 N–H and O–H groups in total. The van der Waals surface area contributed by atoms with Crippen molar-refractivity contribution in [2.24, 2.45) is 0 Å². The number of unbranched alkanes of at least 4 members (excludes halogenated alkanes) is 5. The number of rotatable bonds is 7. The molecule has 0 saturated carbocycles. The molecule has 3 heteroatoms. The van der Waals surface area contributed by atoms with Gasteiger partial charge in [-0.2, -0.15) is 0 Å². The van der Waals surface area contributed by atoms with Gasteiger partial charge in [0.1, 0.15) is 0 Å². The van der Waals surface area contributed by atoms with E-state index in [9.17, 15) is 4.79 Å². The maximum atomic E-state index is 9.91. The van der Waals surface area contributed by atoms with E-state index in [0.29, 0.717) is 6.61 Å². The lowest BCUT2D eigenvalue weighted by molar-refractivity contribution is 0.0899. The van der Waals surface area contributed by atoms with Gasteiger partial charge in [-0.3, -0.25) is 0 Å². The fourth-order valence-electron chi connectivity index (χ4n) is 1.04. The molecule has 0 fully saturated rings. The van der Waals surface area contributed by atoms with E-state index in [2.05, 4.69) is 11.7 Å². The number of carboxylic acid groups (broad SMARTS) is 1. The summed E-state index contributed by atoms with van der Waals surface area (Å²) in [6.07, 6.45) is 5.73. The van der Waals surface area contributed by atoms with Crippen LogP contribution in [0.1, 0.15) is 45.4 Å². The van der Waals surface area contributed by atoms with Crippen molar-refractivity contribution >= 4 is 6.16 Å². The minimum atomic E-state index is -1.16. The molecule has 0 rings (SSSR count). The van der Waals surface area contributed by atoms with Gasteiger partial charge in [-0.25, -0.2) is 4.79 Å². The van der Waals surface area contributed by atoms with Crippen molar-refractivity contribution in [2.45, 2.75) is 45.4 Å². The van der Waals surface area contributed by atoms with Gasteiger partial charge in [0.05, 0.1) is 6.61 Å². The molecule has 12 heavy (non-hydrogen) atoms. The van der Waals surface area contributed by atoms with Crippen LogP contribution in [0.25, 0.3) is 0 Å². The molecule has 0 radical (unpaired) electrons. The fraction of sp³-hybridized carbons (Fsp3) is 0.889. The average molecular weight is 174 g/mol. The zero-order valence-electron chi connectivity index (χ0n) is 7.71. The highest BCUT2D eigenvalue weighted by Gasteiger charge is 1.94. The van der Waals surface area contributed by atoms with Gasteiger partial charge in [-0.1, -0.05) is 39.0 Å². The van der Waals surface area contributed by atoms with Crippen LogP contribution in [0.15, 0.2) is 0 Å². The average Bonchev–Trinajstić information content (AvgIpc) is 2.02. The van der Waals surface area contributed by atoms with E-state index in [1.165, 1.54) is 25.7 Å². The number of ether oxygens (including phenoxy) is 1. The van der Waals surface area contributed by atoms with E-state index < -0.39 is 6.16 Å². The Morgan fingerprint density at radius 3 is 2.33 bits per heavy atom. The highest BCUT2D eigenvalue weighted by Crippen LogP contribution is 2.04. The third-order valence-electron chi connectivity index (χ3n) is 1.72. The molecule has 3 nitrogen and oxygen atoms in total. The zero-order chi connectivity index (χ0) is 9.23. The Labute approximate surface area is 73.7 Å². The minimum absolute atomic E-state index is 0.349. The second-order valence-corrected chi connectivity index (χ2v) is 2.88. The van der Waals surface area contributed by atoms with Crippen LogP contribution in [0.4, 0.5) is 4.79 Å². The van der Waals surface area contributed by atoms with Crippen LogP contribution in [0.5, 0.6) is 0 Å². The van der Waals surface area contributed by atoms with Gasteiger partial charge in [0.2, 0.25) is 0 Å². The van der Waals surface area contributed by atoms with E-state index >= 15 is 0 Å². The molecular formula is C9H18O3. The molecule has 72 valence electrons. The van der Waals surface area contributed by atoms with Gasteiger partial charge < -0.3 is 9.84 Å². The van der Waals surface area contributed by atoms with Gasteiger partial charge in [0.15, 0.2) is 0 Å². The quantitative estimate of drug-likeness (QED) is 0.476. The Balaban J connectivity index is 2.86. The van der Waals surface area contributed by atoms with Crippen LogP contribution in [0.3, 0.4) is 0 Å². The first-order chi connectivity index (χ1) is 5.77. The predicted octanol–water partition coefficient (Wildman–Crippen LogP) is 3.04. The van der Waals surface area contributed by atoms with Crippen molar-refractivity contribution < 1.29 is 14.6 Å². The Morgan fingerprint density at radius 2 is 1.75 bits per heavy atom. The summed E-state index contributed by atoms with van der Waals surface area (Å²) in [6.45, 7) is 2.52. The summed E-state index contributed by atoms with van der Waals surface area (Å²) in [6, 6.07) is 0. The lowest BCUT2D eigenvalue weighted by atomic mass is 10.1. The minimum Gasteiger partial charge on any atom is -0.450 e. The van der Waals surface area contributed by atoms with Crippen LogP contribution >= 0.6 is 0 Å². The first-order valence-electron chi connectivity index (χ1n) is 4.63. The molecule has 0 aliphatic carbocycles. The topological polar surface area (TPSA) is 46.5 Å². The van der Waals surface area contributed by atoms with Crippen LogP contribution in [-0.4, -0.2) is 17.9 Å². The molecular weight excluding hydrogens is 156 g/mol. The predicted molar refractivity (Wildman–Crippen MR) is 47.4 cm³/mol. The Kier molecular flexibility index (Phi) is 7.86. The van der Waals surface area contributed by atoms with Crippen molar-refractivity contribution in [3.8, 4) is 0 Å². The van der Waals surface area contributed by atoms with Crippen LogP contribution < -0.4 is 0 Å². The summed E-state index contributed by atoms with van der Waals surface area (Å²) in [5.74, 6) is 0. The normalized spacial score (nSPS) is 9.75. The molecule has 0 unspecified atom stereocenters. The van der Waals surface area contributed by atoms with Crippen molar-refractivity contribution in [3.63, 3.8) is 0 Å². The Morgan fingerprint density at radius 1 is 1.17 bits per heavy atom. The van der Waals surface area contributed by atoms with E-state index in [1.807, 2.05) is 0 Å². The SMILES string of the molecule is CCCCCCCCOC(=O)O. The smallest absolute Gasteiger partial charge is 0.450 e. The van der Waals surface area contributed by atoms with E-state index in [0.717, 1.165) is 12.8 Å². The number of hydrogen-bond donors (Lipinski definition) is 1. The molecule has 0 aromatic carbocycles. The summed E-state index contributed by atoms with van der Waals surface area (Å²) in [5.41, 5.74) is 0. The number of carbonyl (C=O) groups is 1. The summed E-state index contributed by atoms with van der Waals surface area (Å²) < 4.78 is 4.37. The largest absolute Gasteiger partial charge is 0.505 e. The summed E-state index contributed by atoms with van der Waals surface area (Å²) in [4.78, 5) is 9.91. The first-order valence-corrected chi connectivity index (χ1v) is 4.63. The molecule has 0 bridgehead atoms. The second-order valence-electron chi connectivity index (χ2n) is 2.88. The van der Waals surface area contributed by atoms with E-state index in [4.69, 9.17) is 5.11 Å². The molecule has 0 aliphatic rings. The van der Waals surface area contributed by atoms with E-state index in [1.54, 1.807) is 0 Å². The Bertz CT molecular complexity index is 112. The zero-order valence-corrected chi connectivity index (χ0v) is 7.71. The molecule has 0 spiro atoms. The second kappa shape index (κ2) is 8.37. The fourth-order valence-corrected chi connectivity index (χ4v) is 1.04.